The molecule has 1 unspecified atom stereocenters. The van der Waals surface area contributed by atoms with Gasteiger partial charge in [-0.2, -0.15) is 0 Å². The lowest BCUT2D eigenvalue weighted by atomic mass is 10.3. The van der Waals surface area contributed by atoms with Crippen LogP contribution in [0.3, 0.4) is 0 Å². The van der Waals surface area contributed by atoms with Crippen molar-refractivity contribution in [2.24, 2.45) is 0 Å². The quantitative estimate of drug-likeness (QED) is 0.643. The topological polar surface area (TPSA) is 40.5 Å². The van der Waals surface area contributed by atoms with Crippen molar-refractivity contribution in [3.05, 3.63) is 22.4 Å². The molecule has 0 radical (unpaired) electrons. The van der Waals surface area contributed by atoms with E-state index in [1.807, 2.05) is 11.4 Å². The van der Waals surface area contributed by atoms with Gasteiger partial charge in [-0.3, -0.25) is 0 Å². The summed E-state index contributed by atoms with van der Waals surface area (Å²) < 4.78 is 0. The summed E-state index contributed by atoms with van der Waals surface area (Å²) in [5.41, 5.74) is 0. The van der Waals surface area contributed by atoms with Crippen LogP contribution < -0.4 is 0 Å². The smallest absolute Gasteiger partial charge is 0.111 e. The first-order valence-corrected chi connectivity index (χ1v) is 3.55. The molecule has 0 aromatic carbocycles. The molecule has 0 aliphatic rings. The Morgan fingerprint density at radius 2 is 2.44 bits per heavy atom. The molecule has 0 saturated carbocycles. The van der Waals surface area contributed by atoms with E-state index in [2.05, 4.69) is 0 Å². The fourth-order valence-corrected chi connectivity index (χ4v) is 1.27. The molecule has 0 bridgehead atoms. The largest absolute Gasteiger partial charge is 0.393 e. The summed E-state index contributed by atoms with van der Waals surface area (Å²) in [5, 5.41) is 19.3. The van der Waals surface area contributed by atoms with Gasteiger partial charge < -0.3 is 10.2 Å². The van der Waals surface area contributed by atoms with Crippen molar-refractivity contribution in [3.63, 3.8) is 0 Å². The Labute approximate surface area is 57.4 Å². The third-order valence-electron chi connectivity index (χ3n) is 1.04. The van der Waals surface area contributed by atoms with Crippen molar-refractivity contribution < 1.29 is 10.2 Å². The van der Waals surface area contributed by atoms with Crippen LogP contribution in [0.2, 0.25) is 0 Å². The van der Waals surface area contributed by atoms with Gasteiger partial charge in [-0.05, 0) is 11.4 Å². The first kappa shape index (κ1) is 6.74. The molecule has 0 fully saturated rings. The van der Waals surface area contributed by atoms with Crippen LogP contribution in [0, 0.1) is 0 Å². The van der Waals surface area contributed by atoms with E-state index in [1.54, 1.807) is 6.07 Å². The second kappa shape index (κ2) is 2.96. The summed E-state index contributed by atoms with van der Waals surface area (Å²) in [6.45, 7) is -0.194. The molecular weight excluding hydrogens is 136 g/mol. The van der Waals surface area contributed by atoms with Gasteiger partial charge in [0.2, 0.25) is 0 Å². The molecule has 0 aliphatic heterocycles. The molecule has 1 aromatic rings. The number of hydrogen-bond acceptors (Lipinski definition) is 3. The molecule has 1 aromatic heterocycles. The number of aliphatic hydroxyl groups is 2. The zero-order chi connectivity index (χ0) is 6.69. The molecule has 0 amide bonds. The minimum Gasteiger partial charge on any atom is -0.393 e. The molecule has 9 heavy (non-hydrogen) atoms. The number of thiophene rings is 1. The van der Waals surface area contributed by atoms with E-state index in [1.165, 1.54) is 11.3 Å². The Balaban J connectivity index is 2.65. The van der Waals surface area contributed by atoms with E-state index >= 15 is 0 Å². The second-order valence-electron chi connectivity index (χ2n) is 1.71. The highest BCUT2D eigenvalue weighted by Crippen LogP contribution is 2.17. The standard InChI is InChI=1S/C6H8O2S/c7-4-5(8)6-2-1-3-9-6/h1-3,5,7-8H,4H2. The average molecular weight is 144 g/mol. The van der Waals surface area contributed by atoms with Crippen molar-refractivity contribution in [2.75, 3.05) is 6.61 Å². The molecule has 0 aliphatic carbocycles. The van der Waals surface area contributed by atoms with Crippen LogP contribution in [-0.2, 0) is 0 Å². The van der Waals surface area contributed by atoms with Crippen LogP contribution in [0.25, 0.3) is 0 Å². The Morgan fingerprint density at radius 1 is 1.67 bits per heavy atom. The van der Waals surface area contributed by atoms with Crippen molar-refractivity contribution in [1.82, 2.24) is 0 Å². The van der Waals surface area contributed by atoms with E-state index < -0.39 is 6.10 Å². The van der Waals surface area contributed by atoms with Crippen LogP contribution >= 0.6 is 11.3 Å². The summed E-state index contributed by atoms with van der Waals surface area (Å²) in [6, 6.07) is 3.64. The van der Waals surface area contributed by atoms with E-state index in [-0.39, 0.29) is 6.61 Å². The maximum absolute atomic E-state index is 8.98. The first-order chi connectivity index (χ1) is 4.34. The van der Waals surface area contributed by atoms with Gasteiger partial charge in [-0.15, -0.1) is 11.3 Å². The van der Waals surface area contributed by atoms with Crippen LogP contribution in [0.4, 0.5) is 0 Å². The average Bonchev–Trinajstić information content (AvgIpc) is 2.37. The maximum atomic E-state index is 8.98. The molecule has 0 saturated heterocycles. The zero-order valence-corrected chi connectivity index (χ0v) is 5.64. The van der Waals surface area contributed by atoms with E-state index in [4.69, 9.17) is 10.2 Å². The maximum Gasteiger partial charge on any atom is 0.111 e. The number of hydrogen-bond donors (Lipinski definition) is 2. The first-order valence-electron chi connectivity index (χ1n) is 2.67. The van der Waals surface area contributed by atoms with Crippen LogP contribution in [0.1, 0.15) is 11.0 Å². The monoisotopic (exact) mass is 144 g/mol. The predicted molar refractivity (Wildman–Crippen MR) is 36.4 cm³/mol. The van der Waals surface area contributed by atoms with Crippen molar-refractivity contribution in [2.45, 2.75) is 6.10 Å². The van der Waals surface area contributed by atoms with Gasteiger partial charge in [0.25, 0.3) is 0 Å². The van der Waals surface area contributed by atoms with Crippen molar-refractivity contribution in [3.8, 4) is 0 Å². The summed E-state index contributed by atoms with van der Waals surface area (Å²) in [4.78, 5) is 0.817. The predicted octanol–water partition coefficient (Wildman–Crippen LogP) is 0.774. The van der Waals surface area contributed by atoms with Gasteiger partial charge in [-0.25, -0.2) is 0 Å². The van der Waals surface area contributed by atoms with E-state index in [0.29, 0.717) is 0 Å². The SMILES string of the molecule is OCC(O)c1cccs1. The molecule has 1 rings (SSSR count). The molecule has 0 spiro atoms. The minimum atomic E-state index is -0.690. The lowest BCUT2D eigenvalue weighted by Crippen LogP contribution is -1.98. The molecule has 2 nitrogen and oxygen atoms in total. The van der Waals surface area contributed by atoms with Gasteiger partial charge in [0.05, 0.1) is 6.61 Å². The van der Waals surface area contributed by atoms with Crippen LogP contribution in [0.15, 0.2) is 17.5 Å². The third-order valence-corrected chi connectivity index (χ3v) is 2.02. The number of rotatable bonds is 2. The Hall–Kier alpha value is -0.380. The summed E-state index contributed by atoms with van der Waals surface area (Å²) in [5.74, 6) is 0. The van der Waals surface area contributed by atoms with E-state index in [0.717, 1.165) is 4.88 Å². The summed E-state index contributed by atoms with van der Waals surface area (Å²) in [6.07, 6.45) is -0.690. The lowest BCUT2D eigenvalue weighted by molar-refractivity contribution is 0.0984. The fourth-order valence-electron chi connectivity index (χ4n) is 0.571. The van der Waals surface area contributed by atoms with Gasteiger partial charge in [0.15, 0.2) is 0 Å². The third kappa shape index (κ3) is 1.51. The lowest BCUT2D eigenvalue weighted by Gasteiger charge is -2.00. The zero-order valence-electron chi connectivity index (χ0n) is 4.82. The number of aliphatic hydroxyl groups excluding tert-OH is 2. The van der Waals surface area contributed by atoms with Crippen LogP contribution in [-0.4, -0.2) is 16.8 Å². The summed E-state index contributed by atoms with van der Waals surface area (Å²) in [7, 11) is 0. The second-order valence-corrected chi connectivity index (χ2v) is 2.69. The molecule has 3 heteroatoms. The summed E-state index contributed by atoms with van der Waals surface area (Å²) >= 11 is 1.45. The Morgan fingerprint density at radius 3 is 2.89 bits per heavy atom. The molecule has 2 N–H and O–H groups in total. The van der Waals surface area contributed by atoms with Gasteiger partial charge in [-0.1, -0.05) is 6.07 Å². The normalized spacial score (nSPS) is 13.6. The van der Waals surface area contributed by atoms with Crippen molar-refractivity contribution >= 4 is 11.3 Å². The van der Waals surface area contributed by atoms with Gasteiger partial charge in [0.1, 0.15) is 6.10 Å². The van der Waals surface area contributed by atoms with E-state index in [9.17, 15) is 0 Å². The Kier molecular flexibility index (Phi) is 2.22. The molecule has 1 heterocycles. The highest BCUT2D eigenvalue weighted by Gasteiger charge is 2.04. The molecular formula is C6H8O2S. The van der Waals surface area contributed by atoms with Crippen molar-refractivity contribution in [1.29, 1.82) is 0 Å². The van der Waals surface area contributed by atoms with Crippen LogP contribution in [0.5, 0.6) is 0 Å². The molecule has 1 atom stereocenters. The molecule has 50 valence electrons. The minimum absolute atomic E-state index is 0.194. The van der Waals surface area contributed by atoms with Gasteiger partial charge >= 0.3 is 0 Å². The Bertz CT molecular complexity index is 160. The fraction of sp³-hybridized carbons (Fsp3) is 0.333. The highest BCUT2D eigenvalue weighted by atomic mass is 32.1. The highest BCUT2D eigenvalue weighted by molar-refractivity contribution is 7.10. The van der Waals surface area contributed by atoms with Gasteiger partial charge in [0, 0.05) is 4.88 Å².